The van der Waals surface area contributed by atoms with Crippen molar-refractivity contribution >= 4 is 11.6 Å². The van der Waals surface area contributed by atoms with Crippen LogP contribution in [0.25, 0.3) is 0 Å². The monoisotopic (exact) mass is 214 g/mol. The van der Waals surface area contributed by atoms with Crippen LogP contribution in [-0.4, -0.2) is 9.97 Å². The average Bonchev–Trinajstić information content (AvgIpc) is 2.27. The van der Waals surface area contributed by atoms with Gasteiger partial charge < -0.3 is 11.1 Å². The summed E-state index contributed by atoms with van der Waals surface area (Å²) >= 11 is 0. The number of nitrogen functional groups attached to an aromatic ring is 1. The zero-order chi connectivity index (χ0) is 11.4. The van der Waals surface area contributed by atoms with Crippen LogP contribution in [0.5, 0.6) is 0 Å². The number of hydrogen-bond donors (Lipinski definition) is 2. The van der Waals surface area contributed by atoms with Crippen LogP contribution < -0.4 is 11.1 Å². The molecule has 1 heterocycles. The van der Waals surface area contributed by atoms with Gasteiger partial charge in [0.05, 0.1) is 0 Å². The van der Waals surface area contributed by atoms with Crippen LogP contribution in [0.1, 0.15) is 11.1 Å². The van der Waals surface area contributed by atoms with E-state index in [1.165, 1.54) is 17.5 Å². The van der Waals surface area contributed by atoms with E-state index >= 15 is 0 Å². The first-order valence-electron chi connectivity index (χ1n) is 5.11. The summed E-state index contributed by atoms with van der Waals surface area (Å²) in [6.07, 6.45) is 1.45. The average molecular weight is 214 g/mol. The van der Waals surface area contributed by atoms with Gasteiger partial charge in [0, 0.05) is 12.6 Å². The summed E-state index contributed by atoms with van der Waals surface area (Å²) in [6.45, 7) is 2.81. The van der Waals surface area contributed by atoms with E-state index in [9.17, 15) is 0 Å². The summed E-state index contributed by atoms with van der Waals surface area (Å²) in [4.78, 5) is 7.91. The Morgan fingerprint density at radius 1 is 1.25 bits per heavy atom. The van der Waals surface area contributed by atoms with E-state index in [-0.39, 0.29) is 0 Å². The molecule has 0 saturated heterocycles. The standard InChI is InChI=1S/C12H14N4/c1-9-3-2-4-10(5-9)7-14-12-6-11(13)15-8-16-12/h2-6,8H,7H2,1H3,(H3,13,14,15,16). The number of nitrogens with two attached hydrogens (primary N) is 1. The van der Waals surface area contributed by atoms with E-state index in [0.717, 1.165) is 12.4 Å². The molecule has 1 aromatic carbocycles. The lowest BCUT2D eigenvalue weighted by atomic mass is 10.1. The molecule has 0 amide bonds. The van der Waals surface area contributed by atoms with Gasteiger partial charge in [0.2, 0.25) is 0 Å². The highest BCUT2D eigenvalue weighted by molar-refractivity contribution is 5.43. The maximum Gasteiger partial charge on any atom is 0.131 e. The van der Waals surface area contributed by atoms with Crippen LogP contribution >= 0.6 is 0 Å². The molecule has 0 fully saturated rings. The fourth-order valence-corrected chi connectivity index (χ4v) is 1.48. The number of nitrogens with one attached hydrogen (secondary N) is 1. The first-order chi connectivity index (χ1) is 7.74. The molecular weight excluding hydrogens is 200 g/mol. The number of aryl methyl sites for hydroxylation is 1. The Hall–Kier alpha value is -2.10. The van der Waals surface area contributed by atoms with Gasteiger partial charge in [-0.1, -0.05) is 29.8 Å². The van der Waals surface area contributed by atoms with E-state index in [2.05, 4.69) is 40.4 Å². The quantitative estimate of drug-likeness (QED) is 0.820. The molecule has 1 aromatic heterocycles. The van der Waals surface area contributed by atoms with Gasteiger partial charge >= 0.3 is 0 Å². The van der Waals surface area contributed by atoms with Crippen LogP contribution in [0.15, 0.2) is 36.7 Å². The number of nitrogens with zero attached hydrogens (tertiary/aromatic N) is 2. The van der Waals surface area contributed by atoms with Crippen molar-refractivity contribution in [1.29, 1.82) is 0 Å². The largest absolute Gasteiger partial charge is 0.384 e. The first kappa shape index (κ1) is 10.4. The van der Waals surface area contributed by atoms with Crippen LogP contribution in [0.3, 0.4) is 0 Å². The smallest absolute Gasteiger partial charge is 0.131 e. The van der Waals surface area contributed by atoms with Crippen LogP contribution in [0.4, 0.5) is 11.6 Å². The Bertz CT molecular complexity index is 436. The molecule has 4 nitrogen and oxygen atoms in total. The summed E-state index contributed by atoms with van der Waals surface area (Å²) in [7, 11) is 0. The summed E-state index contributed by atoms with van der Waals surface area (Å²) < 4.78 is 0. The molecule has 0 saturated carbocycles. The van der Waals surface area contributed by atoms with Crippen molar-refractivity contribution in [2.75, 3.05) is 11.1 Å². The minimum absolute atomic E-state index is 0.474. The minimum atomic E-state index is 0.474. The lowest BCUT2D eigenvalue weighted by Crippen LogP contribution is -2.02. The molecule has 16 heavy (non-hydrogen) atoms. The highest BCUT2D eigenvalue weighted by atomic mass is 15.0. The van der Waals surface area contributed by atoms with Gasteiger partial charge in [-0.25, -0.2) is 9.97 Å². The topological polar surface area (TPSA) is 63.8 Å². The van der Waals surface area contributed by atoms with E-state index in [1.807, 2.05) is 6.07 Å². The number of benzene rings is 1. The molecule has 2 aromatic rings. The Morgan fingerprint density at radius 3 is 2.88 bits per heavy atom. The fraction of sp³-hybridized carbons (Fsp3) is 0.167. The van der Waals surface area contributed by atoms with E-state index in [1.54, 1.807) is 6.07 Å². The number of anilines is 2. The zero-order valence-corrected chi connectivity index (χ0v) is 9.14. The van der Waals surface area contributed by atoms with Crippen molar-refractivity contribution < 1.29 is 0 Å². The summed E-state index contributed by atoms with van der Waals surface area (Å²) in [5.74, 6) is 1.22. The third-order valence-electron chi connectivity index (χ3n) is 2.24. The Labute approximate surface area is 94.5 Å². The SMILES string of the molecule is Cc1cccc(CNc2cc(N)ncn2)c1. The molecular formula is C12H14N4. The molecule has 4 heteroatoms. The molecule has 2 rings (SSSR count). The minimum Gasteiger partial charge on any atom is -0.384 e. The molecule has 0 aliphatic heterocycles. The fourth-order valence-electron chi connectivity index (χ4n) is 1.48. The molecule has 0 atom stereocenters. The zero-order valence-electron chi connectivity index (χ0n) is 9.14. The van der Waals surface area contributed by atoms with Gasteiger partial charge in [-0.15, -0.1) is 0 Å². The van der Waals surface area contributed by atoms with Crippen LogP contribution in [0, 0.1) is 6.92 Å². The normalized spacial score (nSPS) is 10.1. The maximum absolute atomic E-state index is 5.56. The van der Waals surface area contributed by atoms with E-state index in [0.29, 0.717) is 5.82 Å². The van der Waals surface area contributed by atoms with Crippen molar-refractivity contribution in [2.24, 2.45) is 0 Å². The highest BCUT2D eigenvalue weighted by Gasteiger charge is 1.96. The lowest BCUT2D eigenvalue weighted by molar-refractivity contribution is 1.08. The van der Waals surface area contributed by atoms with Gasteiger partial charge in [-0.05, 0) is 12.5 Å². The van der Waals surface area contributed by atoms with Gasteiger partial charge in [0.1, 0.15) is 18.0 Å². The second-order valence-corrected chi connectivity index (χ2v) is 3.67. The van der Waals surface area contributed by atoms with E-state index < -0.39 is 0 Å². The summed E-state index contributed by atoms with van der Waals surface area (Å²) in [6, 6.07) is 10.0. The first-order valence-corrected chi connectivity index (χ1v) is 5.11. The van der Waals surface area contributed by atoms with Crippen molar-refractivity contribution in [3.63, 3.8) is 0 Å². The van der Waals surface area contributed by atoms with Crippen molar-refractivity contribution in [3.8, 4) is 0 Å². The van der Waals surface area contributed by atoms with Crippen molar-refractivity contribution in [1.82, 2.24) is 9.97 Å². The molecule has 0 unspecified atom stereocenters. The molecule has 3 N–H and O–H groups in total. The molecule has 0 aliphatic carbocycles. The Kier molecular flexibility index (Phi) is 3.00. The molecule has 82 valence electrons. The van der Waals surface area contributed by atoms with Crippen LogP contribution in [-0.2, 0) is 6.54 Å². The molecule has 0 aliphatic rings. The van der Waals surface area contributed by atoms with Crippen molar-refractivity contribution in [2.45, 2.75) is 13.5 Å². The summed E-state index contributed by atoms with van der Waals surface area (Å²) in [5, 5.41) is 3.20. The Morgan fingerprint density at radius 2 is 2.12 bits per heavy atom. The lowest BCUT2D eigenvalue weighted by Gasteiger charge is -2.06. The van der Waals surface area contributed by atoms with E-state index in [4.69, 9.17) is 5.73 Å². The second-order valence-electron chi connectivity index (χ2n) is 3.67. The molecule has 0 radical (unpaired) electrons. The number of hydrogen-bond acceptors (Lipinski definition) is 4. The maximum atomic E-state index is 5.56. The van der Waals surface area contributed by atoms with Gasteiger partial charge in [0.25, 0.3) is 0 Å². The summed E-state index contributed by atoms with van der Waals surface area (Å²) in [5.41, 5.74) is 8.03. The van der Waals surface area contributed by atoms with Crippen molar-refractivity contribution in [3.05, 3.63) is 47.8 Å². The van der Waals surface area contributed by atoms with Gasteiger partial charge in [-0.3, -0.25) is 0 Å². The predicted molar refractivity (Wildman–Crippen MR) is 65.0 cm³/mol. The molecule has 0 bridgehead atoms. The predicted octanol–water partition coefficient (Wildman–Crippen LogP) is 1.98. The second kappa shape index (κ2) is 4.61. The van der Waals surface area contributed by atoms with Gasteiger partial charge in [0.15, 0.2) is 0 Å². The van der Waals surface area contributed by atoms with Gasteiger partial charge in [-0.2, -0.15) is 0 Å². The third kappa shape index (κ3) is 2.70. The number of rotatable bonds is 3. The van der Waals surface area contributed by atoms with Crippen LogP contribution in [0.2, 0.25) is 0 Å². The number of aromatic nitrogens is 2. The molecule has 0 spiro atoms. The Balaban J connectivity index is 2.02. The highest BCUT2D eigenvalue weighted by Crippen LogP contribution is 2.09. The third-order valence-corrected chi connectivity index (χ3v) is 2.24.